The van der Waals surface area contributed by atoms with Gasteiger partial charge in [0.25, 0.3) is 0 Å². The van der Waals surface area contributed by atoms with Crippen molar-refractivity contribution in [3.63, 3.8) is 0 Å². The molecule has 6 nitrogen and oxygen atoms in total. The first-order valence-electron chi connectivity index (χ1n) is 8.66. The number of rotatable bonds is 7. The van der Waals surface area contributed by atoms with E-state index in [1.165, 1.54) is 0 Å². The van der Waals surface area contributed by atoms with Gasteiger partial charge in [-0.3, -0.25) is 9.59 Å². The average molecular weight is 363 g/mol. The lowest BCUT2D eigenvalue weighted by Gasteiger charge is -2.09. The Kier molecular flexibility index (Phi) is 5.66. The quantitative estimate of drug-likeness (QED) is 0.648. The summed E-state index contributed by atoms with van der Waals surface area (Å²) in [6.07, 6.45) is 0.237. The van der Waals surface area contributed by atoms with Gasteiger partial charge in [0.2, 0.25) is 5.91 Å². The van der Waals surface area contributed by atoms with Gasteiger partial charge < -0.3 is 10.1 Å². The zero-order valence-electron chi connectivity index (χ0n) is 15.3. The minimum Gasteiger partial charge on any atom is -0.497 e. The third-order valence-electron chi connectivity index (χ3n) is 4.09. The molecule has 0 aliphatic carbocycles. The van der Waals surface area contributed by atoms with Crippen molar-refractivity contribution in [3.8, 4) is 11.4 Å². The van der Waals surface area contributed by atoms with E-state index in [0.29, 0.717) is 17.1 Å². The Bertz CT molecular complexity index is 931. The number of aromatic nitrogens is 2. The van der Waals surface area contributed by atoms with Gasteiger partial charge in [-0.15, -0.1) is 0 Å². The molecule has 6 heteroatoms. The Balaban J connectivity index is 1.62. The molecule has 0 unspecified atom stereocenters. The molecule has 1 N–H and O–H groups in total. The van der Waals surface area contributed by atoms with Crippen LogP contribution in [0, 0.1) is 6.92 Å². The number of carbonyl (C=O) groups is 2. The first-order valence-corrected chi connectivity index (χ1v) is 8.66. The highest BCUT2D eigenvalue weighted by atomic mass is 16.5. The van der Waals surface area contributed by atoms with E-state index < -0.39 is 0 Å². The number of benzene rings is 2. The minimum atomic E-state index is -0.228. The number of nitrogens with zero attached hydrogens (tertiary/aromatic N) is 2. The third-order valence-corrected chi connectivity index (χ3v) is 4.09. The van der Waals surface area contributed by atoms with Gasteiger partial charge in [0.1, 0.15) is 11.6 Å². The maximum absolute atomic E-state index is 12.3. The summed E-state index contributed by atoms with van der Waals surface area (Å²) >= 11 is 0. The summed E-state index contributed by atoms with van der Waals surface area (Å²) in [5, 5.41) is 7.26. The van der Waals surface area contributed by atoms with Crippen LogP contribution in [-0.4, -0.2) is 28.6 Å². The van der Waals surface area contributed by atoms with Crippen molar-refractivity contribution >= 4 is 17.5 Å². The summed E-state index contributed by atoms with van der Waals surface area (Å²) in [7, 11) is 1.57. The monoisotopic (exact) mass is 363 g/mol. The number of aryl methyl sites for hydroxylation is 1. The molecule has 0 saturated heterocycles. The highest BCUT2D eigenvalue weighted by Crippen LogP contribution is 2.18. The summed E-state index contributed by atoms with van der Waals surface area (Å²) < 4.78 is 6.76. The Morgan fingerprint density at radius 1 is 1.04 bits per heavy atom. The Morgan fingerprint density at radius 2 is 1.74 bits per heavy atom. The van der Waals surface area contributed by atoms with Gasteiger partial charge in [-0.25, -0.2) is 4.68 Å². The molecule has 1 heterocycles. The lowest BCUT2D eigenvalue weighted by molar-refractivity contribution is -0.116. The fraction of sp³-hybridized carbons (Fsp3) is 0.190. The second-order valence-corrected chi connectivity index (χ2v) is 6.12. The van der Waals surface area contributed by atoms with E-state index in [0.717, 1.165) is 11.4 Å². The van der Waals surface area contributed by atoms with Crippen molar-refractivity contribution in [2.75, 3.05) is 12.4 Å². The number of para-hydroxylation sites is 1. The SMILES string of the molecule is COc1ccc(C(=O)CCC(=O)Nc2cc(C)nn2-c2ccccc2)cc1. The van der Waals surface area contributed by atoms with E-state index in [9.17, 15) is 9.59 Å². The van der Waals surface area contributed by atoms with E-state index >= 15 is 0 Å². The molecule has 3 rings (SSSR count). The topological polar surface area (TPSA) is 73.2 Å². The molecule has 0 spiro atoms. The summed E-state index contributed by atoms with van der Waals surface area (Å²) in [5.41, 5.74) is 2.22. The molecule has 0 bridgehead atoms. The van der Waals surface area contributed by atoms with Crippen LogP contribution < -0.4 is 10.1 Å². The summed E-state index contributed by atoms with van der Waals surface area (Å²) in [6, 6.07) is 18.2. The zero-order valence-corrected chi connectivity index (χ0v) is 15.3. The second kappa shape index (κ2) is 8.31. The highest BCUT2D eigenvalue weighted by molar-refractivity contribution is 5.99. The molecule has 0 fully saturated rings. The Morgan fingerprint density at radius 3 is 2.41 bits per heavy atom. The first-order chi connectivity index (χ1) is 13.1. The largest absolute Gasteiger partial charge is 0.497 e. The van der Waals surface area contributed by atoms with Crippen LogP contribution in [0.2, 0.25) is 0 Å². The normalized spacial score (nSPS) is 10.4. The van der Waals surface area contributed by atoms with Crippen LogP contribution in [0.3, 0.4) is 0 Å². The smallest absolute Gasteiger partial charge is 0.225 e. The van der Waals surface area contributed by atoms with Crippen molar-refractivity contribution in [2.24, 2.45) is 0 Å². The van der Waals surface area contributed by atoms with E-state index in [1.807, 2.05) is 37.3 Å². The number of ether oxygens (including phenoxy) is 1. The number of hydrogen-bond donors (Lipinski definition) is 1. The van der Waals surface area contributed by atoms with Gasteiger partial charge in [0.15, 0.2) is 5.78 Å². The molecule has 0 radical (unpaired) electrons. The zero-order chi connectivity index (χ0) is 19.2. The maximum atomic E-state index is 12.3. The average Bonchev–Trinajstić information content (AvgIpc) is 3.07. The summed E-state index contributed by atoms with van der Waals surface area (Å²) in [5.74, 6) is 0.962. The number of Topliss-reactive ketones (excluding diaryl/α,β-unsaturated/α-hetero) is 1. The van der Waals surface area contributed by atoms with Crippen LogP contribution in [0.4, 0.5) is 5.82 Å². The second-order valence-electron chi connectivity index (χ2n) is 6.12. The third kappa shape index (κ3) is 4.61. The molecule has 0 atom stereocenters. The van der Waals surface area contributed by atoms with E-state index in [1.54, 1.807) is 42.1 Å². The van der Waals surface area contributed by atoms with Gasteiger partial charge in [-0.1, -0.05) is 18.2 Å². The van der Waals surface area contributed by atoms with E-state index in [-0.39, 0.29) is 24.5 Å². The van der Waals surface area contributed by atoms with Gasteiger partial charge in [0.05, 0.1) is 18.5 Å². The van der Waals surface area contributed by atoms with Gasteiger partial charge >= 0.3 is 0 Å². The predicted octanol–water partition coefficient (Wildman–Crippen LogP) is 3.79. The molecule has 0 aliphatic rings. The minimum absolute atomic E-state index is 0.0828. The van der Waals surface area contributed by atoms with Gasteiger partial charge in [-0.05, 0) is 43.3 Å². The molecule has 138 valence electrons. The van der Waals surface area contributed by atoms with Gasteiger partial charge in [0, 0.05) is 24.5 Å². The number of carbonyl (C=O) groups excluding carboxylic acids is 2. The molecule has 1 aromatic heterocycles. The number of hydrogen-bond acceptors (Lipinski definition) is 4. The highest BCUT2D eigenvalue weighted by Gasteiger charge is 2.13. The molecule has 0 saturated carbocycles. The van der Waals surface area contributed by atoms with E-state index in [4.69, 9.17) is 4.74 Å². The van der Waals surface area contributed by atoms with Crippen LogP contribution in [0.15, 0.2) is 60.7 Å². The molecule has 2 aromatic carbocycles. The van der Waals surface area contributed by atoms with Crippen molar-refractivity contribution in [2.45, 2.75) is 19.8 Å². The standard InChI is InChI=1S/C21H21N3O3/c1-15-14-20(24(23-15)17-6-4-3-5-7-17)22-21(26)13-12-19(25)16-8-10-18(27-2)11-9-16/h3-11,14H,12-13H2,1-2H3,(H,22,26). The van der Waals surface area contributed by atoms with Crippen molar-refractivity contribution in [1.29, 1.82) is 0 Å². The maximum Gasteiger partial charge on any atom is 0.225 e. The van der Waals surface area contributed by atoms with Gasteiger partial charge in [-0.2, -0.15) is 5.10 Å². The van der Waals surface area contributed by atoms with E-state index in [2.05, 4.69) is 10.4 Å². The molecule has 0 aliphatic heterocycles. The molecule has 1 amide bonds. The van der Waals surface area contributed by atoms with Crippen molar-refractivity contribution in [1.82, 2.24) is 9.78 Å². The van der Waals surface area contributed by atoms with Crippen LogP contribution in [0.1, 0.15) is 28.9 Å². The van der Waals surface area contributed by atoms with Crippen molar-refractivity contribution < 1.29 is 14.3 Å². The Hall–Kier alpha value is -3.41. The van der Waals surface area contributed by atoms with Crippen LogP contribution >= 0.6 is 0 Å². The molecular weight excluding hydrogens is 342 g/mol. The lowest BCUT2D eigenvalue weighted by atomic mass is 10.1. The fourth-order valence-electron chi connectivity index (χ4n) is 2.71. The fourth-order valence-corrected chi connectivity index (χ4v) is 2.71. The summed E-state index contributed by atoms with van der Waals surface area (Å²) in [4.78, 5) is 24.6. The lowest BCUT2D eigenvalue weighted by Crippen LogP contribution is -2.16. The molecule has 27 heavy (non-hydrogen) atoms. The van der Waals surface area contributed by atoms with Crippen LogP contribution in [-0.2, 0) is 4.79 Å². The van der Waals surface area contributed by atoms with Crippen molar-refractivity contribution in [3.05, 3.63) is 71.9 Å². The summed E-state index contributed by atoms with van der Waals surface area (Å²) in [6.45, 7) is 1.86. The Labute approximate surface area is 157 Å². The number of nitrogens with one attached hydrogen (secondary N) is 1. The van der Waals surface area contributed by atoms with Crippen LogP contribution in [0.5, 0.6) is 5.75 Å². The molecule has 3 aromatic rings. The first kappa shape index (κ1) is 18.4. The van der Waals surface area contributed by atoms with Crippen LogP contribution in [0.25, 0.3) is 5.69 Å². The number of ketones is 1. The number of methoxy groups -OCH3 is 1. The number of amides is 1. The molecular formula is C21H21N3O3. The predicted molar refractivity (Wildman–Crippen MR) is 103 cm³/mol. The number of anilines is 1.